The highest BCUT2D eigenvalue weighted by Crippen LogP contribution is 2.24. The van der Waals surface area contributed by atoms with Crippen LogP contribution in [-0.4, -0.2) is 18.6 Å². The van der Waals surface area contributed by atoms with Gasteiger partial charge in [0, 0.05) is 25.0 Å². The predicted octanol–water partition coefficient (Wildman–Crippen LogP) is 2.33. The Balaban J connectivity index is 1.94. The molecule has 0 spiro atoms. The van der Waals surface area contributed by atoms with Crippen molar-refractivity contribution in [2.24, 2.45) is 0 Å². The van der Waals surface area contributed by atoms with Gasteiger partial charge in [0.05, 0.1) is 18.5 Å². The number of methoxy groups -OCH3 is 1. The van der Waals surface area contributed by atoms with E-state index in [0.29, 0.717) is 0 Å². The van der Waals surface area contributed by atoms with Crippen LogP contribution in [0.1, 0.15) is 5.56 Å². The fraction of sp³-hybridized carbons (Fsp3) is 0.214. The Hall–Kier alpha value is -2.23. The number of benzene rings is 1. The van der Waals surface area contributed by atoms with E-state index < -0.39 is 0 Å². The summed E-state index contributed by atoms with van der Waals surface area (Å²) in [4.78, 5) is 3.99. The molecule has 0 bridgehead atoms. The van der Waals surface area contributed by atoms with Gasteiger partial charge < -0.3 is 15.8 Å². The van der Waals surface area contributed by atoms with E-state index in [0.717, 1.165) is 30.1 Å². The summed E-state index contributed by atoms with van der Waals surface area (Å²) in [5, 5.41) is 3.31. The largest absolute Gasteiger partial charge is 0.497 e. The molecule has 1 aromatic carbocycles. The van der Waals surface area contributed by atoms with Gasteiger partial charge in [0.15, 0.2) is 0 Å². The van der Waals surface area contributed by atoms with Crippen LogP contribution < -0.4 is 15.8 Å². The maximum atomic E-state index is 5.90. The molecular weight excluding hydrogens is 226 g/mol. The minimum Gasteiger partial charge on any atom is -0.497 e. The number of hydrogen-bond donors (Lipinski definition) is 2. The first-order valence-corrected chi connectivity index (χ1v) is 5.86. The number of nitrogens with zero attached hydrogens (tertiary/aromatic N) is 1. The highest BCUT2D eigenvalue weighted by molar-refractivity contribution is 5.68. The molecule has 0 saturated carbocycles. The molecule has 0 amide bonds. The van der Waals surface area contributed by atoms with E-state index in [2.05, 4.69) is 10.3 Å². The van der Waals surface area contributed by atoms with Crippen molar-refractivity contribution in [3.8, 4) is 5.75 Å². The van der Waals surface area contributed by atoms with Crippen LogP contribution in [0.15, 0.2) is 42.7 Å². The molecular formula is C14H17N3O. The van der Waals surface area contributed by atoms with Gasteiger partial charge in [-0.05, 0) is 36.2 Å². The summed E-state index contributed by atoms with van der Waals surface area (Å²) in [6, 6.07) is 9.62. The molecule has 0 saturated heterocycles. The molecule has 0 atom stereocenters. The number of anilines is 2. The summed E-state index contributed by atoms with van der Waals surface area (Å²) >= 11 is 0. The Morgan fingerprint density at radius 3 is 2.72 bits per heavy atom. The topological polar surface area (TPSA) is 60.2 Å². The van der Waals surface area contributed by atoms with Crippen molar-refractivity contribution in [2.45, 2.75) is 6.42 Å². The number of nitrogens with two attached hydrogens (primary N) is 1. The fourth-order valence-corrected chi connectivity index (χ4v) is 1.71. The third kappa shape index (κ3) is 3.13. The van der Waals surface area contributed by atoms with Crippen molar-refractivity contribution in [3.05, 3.63) is 48.3 Å². The van der Waals surface area contributed by atoms with E-state index in [1.54, 1.807) is 19.5 Å². The Kier molecular flexibility index (Phi) is 4.02. The molecule has 2 rings (SSSR count). The van der Waals surface area contributed by atoms with Crippen LogP contribution >= 0.6 is 0 Å². The Morgan fingerprint density at radius 2 is 2.00 bits per heavy atom. The molecule has 0 fully saturated rings. The smallest absolute Gasteiger partial charge is 0.121 e. The summed E-state index contributed by atoms with van der Waals surface area (Å²) in [7, 11) is 1.65. The summed E-state index contributed by atoms with van der Waals surface area (Å²) < 4.78 is 5.17. The monoisotopic (exact) mass is 243 g/mol. The van der Waals surface area contributed by atoms with Crippen LogP contribution in [0.5, 0.6) is 5.75 Å². The second-order valence-electron chi connectivity index (χ2n) is 3.99. The van der Waals surface area contributed by atoms with E-state index in [4.69, 9.17) is 10.5 Å². The Morgan fingerprint density at radius 1 is 1.22 bits per heavy atom. The standard InChI is InChI=1S/C14H17N3O/c1-18-12-2-3-13(15)14(10-12)17-9-6-11-4-7-16-8-5-11/h2-5,7-8,10,17H,6,9,15H2,1H3. The average molecular weight is 243 g/mol. The number of aromatic nitrogens is 1. The zero-order valence-electron chi connectivity index (χ0n) is 10.4. The molecule has 1 aromatic heterocycles. The first-order valence-electron chi connectivity index (χ1n) is 5.86. The van der Waals surface area contributed by atoms with Gasteiger partial charge in [-0.1, -0.05) is 0 Å². The molecule has 0 aliphatic rings. The zero-order valence-corrected chi connectivity index (χ0v) is 10.4. The van der Waals surface area contributed by atoms with Crippen molar-refractivity contribution >= 4 is 11.4 Å². The molecule has 0 aliphatic carbocycles. The normalized spacial score (nSPS) is 10.1. The van der Waals surface area contributed by atoms with E-state index in [1.807, 2.05) is 30.3 Å². The van der Waals surface area contributed by atoms with Crippen molar-refractivity contribution in [3.63, 3.8) is 0 Å². The number of nitrogens with one attached hydrogen (secondary N) is 1. The van der Waals surface area contributed by atoms with E-state index in [-0.39, 0.29) is 0 Å². The average Bonchev–Trinajstić information content (AvgIpc) is 2.42. The van der Waals surface area contributed by atoms with Gasteiger partial charge in [-0.3, -0.25) is 4.98 Å². The lowest BCUT2D eigenvalue weighted by Gasteiger charge is -2.10. The Bertz CT molecular complexity index is 500. The maximum absolute atomic E-state index is 5.90. The quantitative estimate of drug-likeness (QED) is 0.791. The van der Waals surface area contributed by atoms with Crippen molar-refractivity contribution in [2.75, 3.05) is 24.7 Å². The van der Waals surface area contributed by atoms with Crippen LogP contribution in [0.3, 0.4) is 0 Å². The number of ether oxygens (including phenoxy) is 1. The summed E-state index contributed by atoms with van der Waals surface area (Å²) in [5.41, 5.74) is 8.78. The molecule has 0 radical (unpaired) electrons. The number of hydrogen-bond acceptors (Lipinski definition) is 4. The molecule has 0 aliphatic heterocycles. The van der Waals surface area contributed by atoms with Gasteiger partial charge in [-0.25, -0.2) is 0 Å². The highest BCUT2D eigenvalue weighted by Gasteiger charge is 2.01. The summed E-state index contributed by atoms with van der Waals surface area (Å²) in [6.45, 7) is 0.821. The molecule has 4 heteroatoms. The minimum absolute atomic E-state index is 0.727. The zero-order chi connectivity index (χ0) is 12.8. The summed E-state index contributed by atoms with van der Waals surface area (Å²) in [6.07, 6.45) is 4.53. The molecule has 4 nitrogen and oxygen atoms in total. The Labute approximate surface area is 107 Å². The van der Waals surface area contributed by atoms with Crippen LogP contribution in [0.2, 0.25) is 0 Å². The van der Waals surface area contributed by atoms with Gasteiger partial charge in [0.1, 0.15) is 5.75 Å². The maximum Gasteiger partial charge on any atom is 0.121 e. The third-order valence-electron chi connectivity index (χ3n) is 2.74. The van der Waals surface area contributed by atoms with Crippen molar-refractivity contribution in [1.82, 2.24) is 4.98 Å². The van der Waals surface area contributed by atoms with Crippen molar-refractivity contribution < 1.29 is 4.74 Å². The van der Waals surface area contributed by atoms with Crippen LogP contribution in [0.4, 0.5) is 11.4 Å². The van der Waals surface area contributed by atoms with Gasteiger partial charge in [0.2, 0.25) is 0 Å². The second-order valence-corrected chi connectivity index (χ2v) is 3.99. The summed E-state index contributed by atoms with van der Waals surface area (Å²) in [5.74, 6) is 0.801. The van der Waals surface area contributed by atoms with E-state index >= 15 is 0 Å². The number of rotatable bonds is 5. The lowest BCUT2D eigenvalue weighted by Crippen LogP contribution is -2.07. The molecule has 94 valence electrons. The van der Waals surface area contributed by atoms with Crippen LogP contribution in [0, 0.1) is 0 Å². The molecule has 0 unspecified atom stereocenters. The lowest BCUT2D eigenvalue weighted by atomic mass is 10.2. The minimum atomic E-state index is 0.727. The molecule has 1 heterocycles. The van der Waals surface area contributed by atoms with Gasteiger partial charge >= 0.3 is 0 Å². The highest BCUT2D eigenvalue weighted by atomic mass is 16.5. The van der Waals surface area contributed by atoms with Gasteiger partial charge in [0.25, 0.3) is 0 Å². The molecule has 3 N–H and O–H groups in total. The SMILES string of the molecule is COc1ccc(N)c(NCCc2ccncc2)c1. The van der Waals surface area contributed by atoms with E-state index in [9.17, 15) is 0 Å². The van der Waals surface area contributed by atoms with Gasteiger partial charge in [-0.2, -0.15) is 0 Å². The third-order valence-corrected chi connectivity index (χ3v) is 2.74. The second kappa shape index (κ2) is 5.91. The van der Waals surface area contributed by atoms with Crippen LogP contribution in [-0.2, 0) is 6.42 Å². The molecule has 18 heavy (non-hydrogen) atoms. The lowest BCUT2D eigenvalue weighted by molar-refractivity contribution is 0.415. The van der Waals surface area contributed by atoms with E-state index in [1.165, 1.54) is 5.56 Å². The molecule has 2 aromatic rings. The van der Waals surface area contributed by atoms with Gasteiger partial charge in [-0.15, -0.1) is 0 Å². The first kappa shape index (κ1) is 12.2. The fourth-order valence-electron chi connectivity index (χ4n) is 1.71. The van der Waals surface area contributed by atoms with Crippen LogP contribution in [0.25, 0.3) is 0 Å². The number of nitrogen functional groups attached to an aromatic ring is 1. The number of pyridine rings is 1. The predicted molar refractivity (Wildman–Crippen MR) is 73.8 cm³/mol. The first-order chi connectivity index (χ1) is 8.79. The van der Waals surface area contributed by atoms with Crippen molar-refractivity contribution in [1.29, 1.82) is 0 Å².